The Kier molecular flexibility index (Phi) is 14.6. The highest BCUT2D eigenvalue weighted by atomic mass is 32.3. The Morgan fingerprint density at radius 3 is 1.37 bits per heavy atom. The third-order valence-corrected chi connectivity index (χ3v) is 11.1. The van der Waals surface area contributed by atoms with Crippen molar-refractivity contribution in [2.75, 3.05) is 6.26 Å². The molecule has 1 heteroatoms. The van der Waals surface area contributed by atoms with Gasteiger partial charge in [0.05, 0.1) is 0 Å². The van der Waals surface area contributed by atoms with E-state index in [9.17, 15) is 0 Å². The Morgan fingerprint density at radius 1 is 0.522 bits per heavy atom. The predicted molar refractivity (Wildman–Crippen MR) is 209 cm³/mol. The number of hydrogen-bond acceptors (Lipinski definition) is 0. The van der Waals surface area contributed by atoms with Crippen LogP contribution in [0, 0.1) is 0 Å². The highest BCUT2D eigenvalue weighted by molar-refractivity contribution is 8.36. The molecule has 0 fully saturated rings. The molecule has 0 saturated carbocycles. The van der Waals surface area contributed by atoms with Gasteiger partial charge in [0, 0.05) is 0 Å². The molecule has 46 heavy (non-hydrogen) atoms. The van der Waals surface area contributed by atoms with Gasteiger partial charge in [-0.1, -0.05) is 179 Å². The Bertz CT molecular complexity index is 1710. The monoisotopic (exact) mass is 620 g/mol. The summed E-state index contributed by atoms with van der Waals surface area (Å²) in [5.41, 5.74) is 7.36. The van der Waals surface area contributed by atoms with Crippen LogP contribution in [0.25, 0.3) is 27.8 Å². The number of allylic oxidation sites excluding steroid dienone is 7. The van der Waals surface area contributed by atoms with Gasteiger partial charge in [0.25, 0.3) is 0 Å². The minimum atomic E-state index is -1.36. The lowest BCUT2D eigenvalue weighted by atomic mass is 10.0. The number of benzene rings is 5. The summed E-state index contributed by atoms with van der Waals surface area (Å²) in [6, 6.07) is 49.4. The molecule has 234 valence electrons. The molecule has 0 saturated heterocycles. The summed E-state index contributed by atoms with van der Waals surface area (Å²) in [5, 5.41) is 0. The van der Waals surface area contributed by atoms with Gasteiger partial charge in [0.2, 0.25) is 0 Å². The first-order chi connectivity index (χ1) is 22.5. The maximum atomic E-state index is 4.44. The van der Waals surface area contributed by atoms with E-state index in [4.69, 9.17) is 0 Å². The largest absolute Gasteiger partial charge is 0.164 e. The van der Waals surface area contributed by atoms with Gasteiger partial charge in [-0.2, -0.15) is 10.0 Å². The lowest BCUT2D eigenvalue weighted by Crippen LogP contribution is -2.01. The van der Waals surface area contributed by atoms with Crippen molar-refractivity contribution in [2.45, 2.75) is 37.5 Å². The van der Waals surface area contributed by atoms with Crippen molar-refractivity contribution in [1.29, 1.82) is 0 Å². The minimum absolute atomic E-state index is 1.17. The van der Waals surface area contributed by atoms with E-state index in [0.717, 1.165) is 0 Å². The number of rotatable bonds is 9. The first-order valence-corrected chi connectivity index (χ1v) is 18.0. The second-order valence-electron chi connectivity index (χ2n) is 10.4. The normalized spacial score (nSPS) is 13.0. The maximum Gasteiger partial charge on any atom is -0.00210 e. The molecule has 0 amide bonds. The summed E-state index contributed by atoms with van der Waals surface area (Å²) < 4.78 is 0. The lowest BCUT2D eigenvalue weighted by molar-refractivity contribution is 1.36. The molecule has 0 nitrogen and oxygen atoms in total. The van der Waals surface area contributed by atoms with Gasteiger partial charge in [-0.3, -0.25) is 0 Å². The van der Waals surface area contributed by atoms with E-state index in [1.807, 2.05) is 57.2 Å². The van der Waals surface area contributed by atoms with Crippen molar-refractivity contribution in [3.05, 3.63) is 200 Å². The van der Waals surface area contributed by atoms with Crippen LogP contribution >= 0.6 is 10.0 Å². The Hall–Kier alpha value is -4.85. The summed E-state index contributed by atoms with van der Waals surface area (Å²) in [4.78, 5) is 3.82. The molecule has 0 bridgehead atoms. The fourth-order valence-electron chi connectivity index (χ4n) is 5.04. The van der Waals surface area contributed by atoms with E-state index >= 15 is 0 Å². The Labute approximate surface area is 280 Å². The van der Waals surface area contributed by atoms with E-state index in [1.54, 1.807) is 0 Å². The molecule has 0 aromatic heterocycles. The van der Waals surface area contributed by atoms with E-state index < -0.39 is 10.0 Å². The lowest BCUT2D eigenvalue weighted by Gasteiger charge is -2.38. The van der Waals surface area contributed by atoms with Gasteiger partial charge in [-0.15, -0.1) is 0 Å². The van der Waals surface area contributed by atoms with Gasteiger partial charge in [-0.05, 0) is 92.5 Å². The van der Waals surface area contributed by atoms with Crippen LogP contribution in [0.5, 0.6) is 0 Å². The predicted octanol–water partition coefficient (Wildman–Crippen LogP) is 13.8. The number of hydrogen-bond donors (Lipinski definition) is 0. The average molecular weight is 621 g/mol. The zero-order valence-electron chi connectivity index (χ0n) is 28.1. The fourth-order valence-corrected chi connectivity index (χ4v) is 7.71. The average Bonchev–Trinajstić information content (AvgIpc) is 3.13. The molecule has 0 radical (unpaired) electrons. The van der Waals surface area contributed by atoms with Crippen LogP contribution in [0.4, 0.5) is 0 Å². The summed E-state index contributed by atoms with van der Waals surface area (Å²) >= 11 is 0. The van der Waals surface area contributed by atoms with Crippen LogP contribution < -0.4 is 0 Å². The minimum Gasteiger partial charge on any atom is -0.164 e. The van der Waals surface area contributed by atoms with Gasteiger partial charge in [0.1, 0.15) is 0 Å². The molecule has 0 aliphatic carbocycles. The third-order valence-electron chi connectivity index (χ3n) is 7.49. The van der Waals surface area contributed by atoms with E-state index in [-0.39, 0.29) is 0 Å². The van der Waals surface area contributed by atoms with Gasteiger partial charge in [-0.25, -0.2) is 0 Å². The highest BCUT2D eigenvalue weighted by Crippen LogP contribution is 2.65. The molecule has 1 atom stereocenters. The van der Waals surface area contributed by atoms with Crippen molar-refractivity contribution in [3.8, 4) is 22.3 Å². The molecule has 0 spiro atoms. The second kappa shape index (κ2) is 18.8. The van der Waals surface area contributed by atoms with Gasteiger partial charge >= 0.3 is 0 Å². The molecule has 0 aliphatic rings. The van der Waals surface area contributed by atoms with Crippen LogP contribution in [0.15, 0.2) is 204 Å². The topological polar surface area (TPSA) is 0 Å². The van der Waals surface area contributed by atoms with Crippen LogP contribution in [-0.2, 0) is 0 Å². The highest BCUT2D eigenvalue weighted by Gasteiger charge is 2.25. The van der Waals surface area contributed by atoms with Crippen LogP contribution in [0.1, 0.15) is 33.3 Å². The summed E-state index contributed by atoms with van der Waals surface area (Å²) in [7, 11) is -1.36. The molecule has 5 rings (SSSR count). The molecular formula is C45H48S. The van der Waals surface area contributed by atoms with Crippen molar-refractivity contribution in [2.24, 2.45) is 0 Å². The molecule has 0 aliphatic heterocycles. The van der Waals surface area contributed by atoms with Crippen molar-refractivity contribution in [1.82, 2.24) is 0 Å². The van der Waals surface area contributed by atoms with Crippen molar-refractivity contribution < 1.29 is 0 Å². The van der Waals surface area contributed by atoms with E-state index in [0.29, 0.717) is 0 Å². The SMILES string of the molecule is C=C(/C=C\C)S(C)(c1ccccc1)c1ccc(-c2ccc(-c3ccccc3)cc2)cc1.C=C/C=C(\C=C/C)c1ccccc1.CC. The summed E-state index contributed by atoms with van der Waals surface area (Å²) in [6.07, 6.45) is 14.5. The van der Waals surface area contributed by atoms with Crippen molar-refractivity contribution >= 4 is 15.6 Å². The molecule has 5 aromatic rings. The molecule has 0 N–H and O–H groups in total. The fraction of sp³-hybridized carbons (Fsp3) is 0.111. The molecule has 5 aromatic carbocycles. The van der Waals surface area contributed by atoms with Gasteiger partial charge in [0.15, 0.2) is 0 Å². The second-order valence-corrected chi connectivity index (χ2v) is 13.7. The van der Waals surface area contributed by atoms with Crippen LogP contribution in [0.2, 0.25) is 0 Å². The van der Waals surface area contributed by atoms with Crippen LogP contribution in [-0.4, -0.2) is 6.26 Å². The third kappa shape index (κ3) is 9.33. The standard InChI is InChI=1S/C30H28S.C13H14.C2H6/c1-4-11-24(2)31(3,29-14-9-6-10-15-29)30-22-20-28(21-23-30)27-18-16-26(17-19-27)25-12-7-5-8-13-25;1-3-8-12(9-4-2)13-10-6-5-7-11-13;1-2/h4-23H,2H2,1,3H3;3-11H,1H2,2H3;1-2H3/b11-4-;9-4-,12-8+;. The molecule has 1 unspecified atom stereocenters. The van der Waals surface area contributed by atoms with Crippen LogP contribution in [0.3, 0.4) is 0 Å². The quantitative estimate of drug-likeness (QED) is 0.144. The van der Waals surface area contributed by atoms with Gasteiger partial charge < -0.3 is 0 Å². The molecule has 0 heterocycles. The first kappa shape index (κ1) is 35.6. The Balaban J connectivity index is 0.000000322. The molecular weight excluding hydrogens is 573 g/mol. The summed E-state index contributed by atoms with van der Waals surface area (Å²) in [5.74, 6) is 0. The first-order valence-electron chi connectivity index (χ1n) is 15.9. The zero-order chi connectivity index (χ0) is 33.2. The maximum absolute atomic E-state index is 4.44. The van der Waals surface area contributed by atoms with Crippen molar-refractivity contribution in [3.63, 3.8) is 0 Å². The Morgan fingerprint density at radius 2 is 0.913 bits per heavy atom. The smallest absolute Gasteiger partial charge is 0.00210 e. The van der Waals surface area contributed by atoms with E-state index in [1.165, 1.54) is 48.1 Å². The summed E-state index contributed by atoms with van der Waals surface area (Å²) in [6.45, 7) is 16.2. The zero-order valence-corrected chi connectivity index (χ0v) is 28.9. The van der Waals surface area contributed by atoms with E-state index in [2.05, 4.69) is 166 Å².